The van der Waals surface area contributed by atoms with Gasteiger partial charge >= 0.3 is 0 Å². The number of piperazine rings is 1. The van der Waals surface area contributed by atoms with Gasteiger partial charge in [0.25, 0.3) is 0 Å². The number of unbranched alkanes of at least 4 members (excludes halogenated alkanes) is 1. The summed E-state index contributed by atoms with van der Waals surface area (Å²) in [4.78, 5) is 28.1. The lowest BCUT2D eigenvalue weighted by atomic mass is 10.2. The predicted molar refractivity (Wildman–Crippen MR) is 109 cm³/mol. The maximum Gasteiger partial charge on any atom is 0.232 e. The van der Waals surface area contributed by atoms with E-state index >= 15 is 0 Å². The van der Waals surface area contributed by atoms with Crippen molar-refractivity contribution in [3.05, 3.63) is 5.56 Å². The van der Waals surface area contributed by atoms with Crippen molar-refractivity contribution in [3.63, 3.8) is 0 Å². The molecule has 0 radical (unpaired) electrons. The van der Waals surface area contributed by atoms with Crippen LogP contribution in [-0.2, 0) is 11.2 Å². The summed E-state index contributed by atoms with van der Waals surface area (Å²) in [7, 11) is 0. The van der Waals surface area contributed by atoms with Crippen molar-refractivity contribution in [2.24, 2.45) is 0 Å². The first-order chi connectivity index (χ1) is 13.0. The van der Waals surface area contributed by atoms with Gasteiger partial charge in [0.15, 0.2) is 0 Å². The number of amides is 1. The van der Waals surface area contributed by atoms with Crippen LogP contribution in [0.2, 0.25) is 0 Å². The van der Waals surface area contributed by atoms with Gasteiger partial charge in [-0.2, -0.15) is 9.97 Å². The van der Waals surface area contributed by atoms with Gasteiger partial charge in [-0.1, -0.05) is 13.3 Å². The summed E-state index contributed by atoms with van der Waals surface area (Å²) in [6.07, 6.45) is 2.45. The van der Waals surface area contributed by atoms with E-state index in [0.717, 1.165) is 57.7 Å². The van der Waals surface area contributed by atoms with Crippen molar-refractivity contribution in [2.75, 3.05) is 61.8 Å². The van der Waals surface area contributed by atoms with Crippen LogP contribution < -0.4 is 16.0 Å². The zero-order valence-electron chi connectivity index (χ0n) is 16.9. The second-order valence-corrected chi connectivity index (χ2v) is 7.71. The average molecular weight is 376 g/mol. The summed E-state index contributed by atoms with van der Waals surface area (Å²) >= 11 is 0. The van der Waals surface area contributed by atoms with Crippen LogP contribution in [0.15, 0.2) is 0 Å². The van der Waals surface area contributed by atoms with Crippen molar-refractivity contribution in [1.29, 1.82) is 0 Å². The van der Waals surface area contributed by atoms with E-state index in [9.17, 15) is 4.79 Å². The van der Waals surface area contributed by atoms with Crippen LogP contribution in [0.1, 0.15) is 39.2 Å². The molecule has 27 heavy (non-hydrogen) atoms. The summed E-state index contributed by atoms with van der Waals surface area (Å²) in [5, 5.41) is 3.22. The quantitative estimate of drug-likeness (QED) is 0.660. The summed E-state index contributed by atoms with van der Waals surface area (Å²) in [6.45, 7) is 13.2. The number of anilines is 3. The Bertz CT molecular complexity index is 656. The topological polar surface area (TPSA) is 90.6 Å². The lowest BCUT2D eigenvalue weighted by Crippen LogP contribution is -2.50. The molecule has 1 saturated heterocycles. The van der Waals surface area contributed by atoms with Crippen LogP contribution >= 0.6 is 0 Å². The normalized spacial score (nSPS) is 18.4. The van der Waals surface area contributed by atoms with Gasteiger partial charge in [-0.05, 0) is 20.3 Å². The van der Waals surface area contributed by atoms with Crippen molar-refractivity contribution >= 4 is 23.5 Å². The highest BCUT2D eigenvalue weighted by Gasteiger charge is 2.32. The Morgan fingerprint density at radius 1 is 1.15 bits per heavy atom. The molecule has 0 aliphatic carbocycles. The molecule has 2 aliphatic heterocycles. The van der Waals surface area contributed by atoms with E-state index in [4.69, 9.17) is 5.73 Å². The Hall–Kier alpha value is -1.93. The molecule has 0 unspecified atom stereocenters. The standard InChI is InChI=1S/C19H33N7O/c1-4-5-6-21-19-22-17(20)15-13-16(27)26(18(15)23-19)12-9-24-7-10-25(11-8-24)14(2)3/h14H,4-13H2,1-3H3,(H3,20,21,22,23). The van der Waals surface area contributed by atoms with Crippen LogP contribution in [0.3, 0.4) is 0 Å². The van der Waals surface area contributed by atoms with Crippen LogP contribution in [0, 0.1) is 0 Å². The molecule has 0 atom stereocenters. The molecular weight excluding hydrogens is 342 g/mol. The molecule has 150 valence electrons. The van der Waals surface area contributed by atoms with Crippen molar-refractivity contribution in [2.45, 2.75) is 46.1 Å². The minimum absolute atomic E-state index is 0.0672. The molecule has 1 amide bonds. The van der Waals surface area contributed by atoms with Gasteiger partial charge in [0.05, 0.1) is 6.42 Å². The Labute approximate surface area is 162 Å². The number of nitrogens with zero attached hydrogens (tertiary/aromatic N) is 5. The number of fused-ring (bicyclic) bond motifs is 1. The summed E-state index contributed by atoms with van der Waals surface area (Å²) in [5.41, 5.74) is 6.87. The fourth-order valence-corrected chi connectivity index (χ4v) is 3.68. The molecule has 0 bridgehead atoms. The second kappa shape index (κ2) is 8.84. The third-order valence-corrected chi connectivity index (χ3v) is 5.49. The second-order valence-electron chi connectivity index (χ2n) is 7.71. The number of hydrogen-bond donors (Lipinski definition) is 2. The van der Waals surface area contributed by atoms with Gasteiger partial charge < -0.3 is 11.1 Å². The van der Waals surface area contributed by atoms with E-state index in [1.807, 2.05) is 0 Å². The number of nitrogen functional groups attached to an aromatic ring is 1. The Morgan fingerprint density at radius 2 is 1.89 bits per heavy atom. The van der Waals surface area contributed by atoms with Crippen molar-refractivity contribution < 1.29 is 4.79 Å². The van der Waals surface area contributed by atoms with Crippen LogP contribution in [-0.4, -0.2) is 77.5 Å². The molecule has 1 fully saturated rings. The monoisotopic (exact) mass is 375 g/mol. The third kappa shape index (κ3) is 4.68. The van der Waals surface area contributed by atoms with Gasteiger partial charge in [-0.25, -0.2) is 0 Å². The van der Waals surface area contributed by atoms with Gasteiger partial charge in [0.2, 0.25) is 11.9 Å². The van der Waals surface area contributed by atoms with Gasteiger partial charge in [0, 0.05) is 57.4 Å². The van der Waals surface area contributed by atoms with E-state index in [1.54, 1.807) is 4.90 Å². The van der Waals surface area contributed by atoms with Crippen molar-refractivity contribution in [3.8, 4) is 0 Å². The molecule has 0 aromatic carbocycles. The molecule has 3 rings (SSSR count). The van der Waals surface area contributed by atoms with Gasteiger partial charge in [0.1, 0.15) is 11.6 Å². The highest BCUT2D eigenvalue weighted by atomic mass is 16.2. The van der Waals surface area contributed by atoms with Crippen LogP contribution in [0.25, 0.3) is 0 Å². The maximum absolute atomic E-state index is 12.5. The number of carbonyl (C=O) groups is 1. The third-order valence-electron chi connectivity index (χ3n) is 5.49. The SMILES string of the molecule is CCCCNc1nc(N)c2c(n1)N(CCN1CCN(C(C)C)CC1)C(=O)C2. The molecule has 3 N–H and O–H groups in total. The van der Waals surface area contributed by atoms with E-state index in [-0.39, 0.29) is 5.91 Å². The molecular formula is C19H33N7O. The summed E-state index contributed by atoms with van der Waals surface area (Å²) < 4.78 is 0. The number of carbonyl (C=O) groups excluding carboxylic acids is 1. The summed E-state index contributed by atoms with van der Waals surface area (Å²) in [5.74, 6) is 1.69. The number of nitrogens with one attached hydrogen (secondary N) is 1. The first kappa shape index (κ1) is 19.8. The molecule has 1 aromatic heterocycles. The molecule has 0 saturated carbocycles. The number of nitrogens with two attached hydrogens (primary N) is 1. The summed E-state index contributed by atoms with van der Waals surface area (Å²) in [6, 6.07) is 0.595. The van der Waals surface area contributed by atoms with Crippen molar-refractivity contribution in [1.82, 2.24) is 19.8 Å². The van der Waals surface area contributed by atoms with E-state index in [1.165, 1.54) is 0 Å². The molecule has 8 nitrogen and oxygen atoms in total. The highest BCUT2D eigenvalue weighted by molar-refractivity contribution is 6.01. The molecule has 0 spiro atoms. The van der Waals surface area contributed by atoms with Crippen LogP contribution in [0.4, 0.5) is 17.6 Å². The Balaban J connectivity index is 1.61. The smallest absolute Gasteiger partial charge is 0.232 e. The minimum Gasteiger partial charge on any atom is -0.383 e. The fourth-order valence-electron chi connectivity index (χ4n) is 3.68. The fraction of sp³-hybridized carbons (Fsp3) is 0.737. The van der Waals surface area contributed by atoms with E-state index in [0.29, 0.717) is 36.6 Å². The zero-order valence-corrected chi connectivity index (χ0v) is 16.9. The Kier molecular flexibility index (Phi) is 6.49. The highest BCUT2D eigenvalue weighted by Crippen LogP contribution is 2.31. The number of hydrogen-bond acceptors (Lipinski definition) is 7. The largest absolute Gasteiger partial charge is 0.383 e. The first-order valence-corrected chi connectivity index (χ1v) is 10.2. The minimum atomic E-state index is 0.0672. The number of rotatable bonds is 8. The molecule has 1 aromatic rings. The average Bonchev–Trinajstić information content (AvgIpc) is 2.96. The lowest BCUT2D eigenvalue weighted by Gasteiger charge is -2.37. The van der Waals surface area contributed by atoms with E-state index < -0.39 is 0 Å². The Morgan fingerprint density at radius 3 is 2.56 bits per heavy atom. The predicted octanol–water partition coefficient (Wildman–Crippen LogP) is 1.19. The first-order valence-electron chi connectivity index (χ1n) is 10.2. The molecule has 8 heteroatoms. The zero-order chi connectivity index (χ0) is 19.4. The van der Waals surface area contributed by atoms with Crippen LogP contribution in [0.5, 0.6) is 0 Å². The molecule has 3 heterocycles. The van der Waals surface area contributed by atoms with E-state index in [2.05, 4.69) is 45.9 Å². The number of aromatic nitrogens is 2. The lowest BCUT2D eigenvalue weighted by molar-refractivity contribution is -0.117. The van der Waals surface area contributed by atoms with Gasteiger partial charge in [-0.15, -0.1) is 0 Å². The maximum atomic E-state index is 12.5. The molecule has 2 aliphatic rings. The van der Waals surface area contributed by atoms with Gasteiger partial charge in [-0.3, -0.25) is 19.5 Å².